The van der Waals surface area contributed by atoms with Crippen LogP contribution in [0.5, 0.6) is 0 Å². The number of amides is 1. The largest absolute Gasteiger partial charge is 0.355 e. The Morgan fingerprint density at radius 3 is 2.75 bits per heavy atom. The first-order chi connectivity index (χ1) is 9.40. The Hall–Kier alpha value is -0.870. The van der Waals surface area contributed by atoms with E-state index in [4.69, 9.17) is 0 Å². The maximum atomic E-state index is 12.2. The fraction of sp³-hybridized carbons (Fsp3) is 0.562. The molecule has 4 heteroatoms. The number of hydrogen-bond acceptors (Lipinski definition) is 2. The van der Waals surface area contributed by atoms with E-state index < -0.39 is 0 Å². The van der Waals surface area contributed by atoms with Crippen molar-refractivity contribution in [3.8, 4) is 0 Å². The number of carbonyl (C=O) groups excluding carboxylic acids is 1. The summed E-state index contributed by atoms with van der Waals surface area (Å²) in [7, 11) is 0. The molecule has 3 nitrogen and oxygen atoms in total. The van der Waals surface area contributed by atoms with Gasteiger partial charge in [-0.05, 0) is 36.7 Å². The lowest BCUT2D eigenvalue weighted by atomic mass is 9.84. The lowest BCUT2D eigenvalue weighted by Crippen LogP contribution is -2.50. The third kappa shape index (κ3) is 3.61. The fourth-order valence-electron chi connectivity index (χ4n) is 2.36. The van der Waals surface area contributed by atoms with Crippen LogP contribution in [-0.4, -0.2) is 25.5 Å². The van der Waals surface area contributed by atoms with Crippen molar-refractivity contribution in [1.29, 1.82) is 0 Å². The van der Waals surface area contributed by atoms with Crippen LogP contribution in [0, 0.1) is 11.8 Å². The second-order valence-electron chi connectivity index (χ2n) is 6.32. The van der Waals surface area contributed by atoms with Crippen molar-refractivity contribution in [3.63, 3.8) is 0 Å². The molecule has 0 saturated carbocycles. The van der Waals surface area contributed by atoms with Gasteiger partial charge in [-0.15, -0.1) is 0 Å². The lowest BCUT2D eigenvalue weighted by Gasteiger charge is -2.33. The molecular weight excluding hydrogens is 316 g/mol. The molecule has 20 heavy (non-hydrogen) atoms. The van der Waals surface area contributed by atoms with Gasteiger partial charge in [-0.1, -0.05) is 48.8 Å². The van der Waals surface area contributed by atoms with Crippen LogP contribution in [0.4, 0.5) is 0 Å². The Morgan fingerprint density at radius 1 is 1.50 bits per heavy atom. The Labute approximate surface area is 129 Å². The van der Waals surface area contributed by atoms with E-state index in [1.54, 1.807) is 0 Å². The summed E-state index contributed by atoms with van der Waals surface area (Å²) in [6.07, 6.45) is 0. The topological polar surface area (TPSA) is 41.1 Å². The van der Waals surface area contributed by atoms with Crippen LogP contribution in [0.1, 0.15) is 26.3 Å². The molecule has 1 aromatic carbocycles. The molecular formula is C16H23BrN2O. The maximum absolute atomic E-state index is 12.2. The smallest absolute Gasteiger partial charge is 0.223 e. The van der Waals surface area contributed by atoms with Crippen molar-refractivity contribution < 1.29 is 4.79 Å². The Bertz CT molecular complexity index is 483. The van der Waals surface area contributed by atoms with Crippen molar-refractivity contribution in [2.24, 2.45) is 11.8 Å². The van der Waals surface area contributed by atoms with Gasteiger partial charge in [0, 0.05) is 22.4 Å². The van der Waals surface area contributed by atoms with E-state index >= 15 is 0 Å². The van der Waals surface area contributed by atoms with Gasteiger partial charge >= 0.3 is 0 Å². The van der Waals surface area contributed by atoms with Crippen LogP contribution in [-0.2, 0) is 10.2 Å². The predicted octanol–water partition coefficient (Wildman–Crippen LogP) is 2.70. The van der Waals surface area contributed by atoms with E-state index in [9.17, 15) is 4.79 Å². The molecule has 1 atom stereocenters. The molecule has 1 heterocycles. The number of hydrogen-bond donors (Lipinski definition) is 2. The molecule has 0 aromatic heterocycles. The minimum absolute atomic E-state index is 0.0724. The number of benzene rings is 1. The van der Waals surface area contributed by atoms with E-state index in [1.807, 2.05) is 19.1 Å². The zero-order valence-corrected chi connectivity index (χ0v) is 14.0. The molecule has 1 unspecified atom stereocenters. The molecule has 0 radical (unpaired) electrons. The van der Waals surface area contributed by atoms with Crippen molar-refractivity contribution in [3.05, 3.63) is 34.3 Å². The van der Waals surface area contributed by atoms with Gasteiger partial charge < -0.3 is 10.6 Å². The van der Waals surface area contributed by atoms with Crippen molar-refractivity contribution in [2.45, 2.75) is 26.2 Å². The molecule has 0 aliphatic carbocycles. The minimum atomic E-state index is -0.0724. The van der Waals surface area contributed by atoms with Crippen LogP contribution >= 0.6 is 15.9 Å². The Balaban J connectivity index is 1.93. The van der Waals surface area contributed by atoms with Crippen LogP contribution in [0.3, 0.4) is 0 Å². The highest BCUT2D eigenvalue weighted by molar-refractivity contribution is 9.10. The average Bonchev–Trinajstić information content (AvgIpc) is 2.34. The fourth-order valence-corrected chi connectivity index (χ4v) is 2.76. The molecule has 0 bridgehead atoms. The number of halogens is 1. The van der Waals surface area contributed by atoms with Gasteiger partial charge in [0.15, 0.2) is 0 Å². The highest BCUT2D eigenvalue weighted by Crippen LogP contribution is 2.25. The standard InChI is InChI=1S/C16H23BrN2O/c1-11(12-8-18-9-12)15(20)19-10-16(2,3)13-5-4-6-14(17)7-13/h4-7,11-12,18H,8-10H2,1-3H3,(H,19,20). The van der Waals surface area contributed by atoms with Crippen LogP contribution in [0.2, 0.25) is 0 Å². The first-order valence-corrected chi connectivity index (χ1v) is 7.94. The molecule has 1 aliphatic heterocycles. The molecule has 2 rings (SSSR count). The number of carbonyl (C=O) groups is 1. The highest BCUT2D eigenvalue weighted by atomic mass is 79.9. The number of nitrogens with one attached hydrogen (secondary N) is 2. The summed E-state index contributed by atoms with van der Waals surface area (Å²) in [5, 5.41) is 6.32. The summed E-state index contributed by atoms with van der Waals surface area (Å²) in [6.45, 7) is 8.92. The normalized spacial score (nSPS) is 17.4. The van der Waals surface area contributed by atoms with Crippen molar-refractivity contribution in [1.82, 2.24) is 10.6 Å². The van der Waals surface area contributed by atoms with Gasteiger partial charge in [-0.25, -0.2) is 0 Å². The molecule has 1 aliphatic rings. The van der Waals surface area contributed by atoms with Gasteiger partial charge in [0.1, 0.15) is 0 Å². The summed E-state index contributed by atoms with van der Waals surface area (Å²) in [4.78, 5) is 12.2. The minimum Gasteiger partial charge on any atom is -0.355 e. The van der Waals surface area contributed by atoms with Crippen LogP contribution in [0.15, 0.2) is 28.7 Å². The summed E-state index contributed by atoms with van der Waals surface area (Å²) in [5.74, 6) is 0.748. The van der Waals surface area contributed by atoms with E-state index in [2.05, 4.69) is 52.5 Å². The van der Waals surface area contributed by atoms with Gasteiger partial charge in [0.25, 0.3) is 0 Å². The molecule has 1 fully saturated rings. The quantitative estimate of drug-likeness (QED) is 0.866. The Morgan fingerprint density at radius 2 is 2.20 bits per heavy atom. The Kier molecular flexibility index (Phi) is 4.86. The van der Waals surface area contributed by atoms with Crippen molar-refractivity contribution >= 4 is 21.8 Å². The zero-order chi connectivity index (χ0) is 14.8. The summed E-state index contributed by atoms with van der Waals surface area (Å²) in [6, 6.07) is 8.27. The first kappa shape index (κ1) is 15.5. The van der Waals surface area contributed by atoms with Gasteiger partial charge in [0.2, 0.25) is 5.91 Å². The molecule has 1 saturated heterocycles. The predicted molar refractivity (Wildman–Crippen MR) is 85.7 cm³/mol. The molecule has 1 amide bonds. The third-order valence-electron chi connectivity index (χ3n) is 4.24. The van der Waals surface area contributed by atoms with Gasteiger partial charge in [0.05, 0.1) is 0 Å². The summed E-state index contributed by atoms with van der Waals surface area (Å²) in [5.41, 5.74) is 1.15. The van der Waals surface area contributed by atoms with E-state index in [1.165, 1.54) is 5.56 Å². The summed E-state index contributed by atoms with van der Waals surface area (Å²) >= 11 is 3.50. The highest BCUT2D eigenvalue weighted by Gasteiger charge is 2.30. The SMILES string of the molecule is CC(C(=O)NCC(C)(C)c1cccc(Br)c1)C1CNC1. The number of rotatable bonds is 5. The van der Waals surface area contributed by atoms with E-state index in [-0.39, 0.29) is 17.2 Å². The second kappa shape index (κ2) is 6.27. The van der Waals surface area contributed by atoms with Gasteiger partial charge in [-0.2, -0.15) is 0 Å². The van der Waals surface area contributed by atoms with Crippen molar-refractivity contribution in [2.75, 3.05) is 19.6 Å². The monoisotopic (exact) mass is 338 g/mol. The van der Waals surface area contributed by atoms with E-state index in [0.717, 1.165) is 17.6 Å². The first-order valence-electron chi connectivity index (χ1n) is 7.14. The maximum Gasteiger partial charge on any atom is 0.223 e. The molecule has 0 spiro atoms. The van der Waals surface area contributed by atoms with Gasteiger partial charge in [-0.3, -0.25) is 4.79 Å². The third-order valence-corrected chi connectivity index (χ3v) is 4.74. The second-order valence-corrected chi connectivity index (χ2v) is 7.23. The van der Waals surface area contributed by atoms with Crippen LogP contribution in [0.25, 0.3) is 0 Å². The average molecular weight is 339 g/mol. The summed E-state index contributed by atoms with van der Waals surface area (Å²) < 4.78 is 1.07. The lowest BCUT2D eigenvalue weighted by molar-refractivity contribution is -0.126. The van der Waals surface area contributed by atoms with E-state index in [0.29, 0.717) is 12.5 Å². The molecule has 2 N–H and O–H groups in total. The molecule has 1 aromatic rings. The zero-order valence-electron chi connectivity index (χ0n) is 12.4. The molecule has 110 valence electrons. The van der Waals surface area contributed by atoms with Crippen LogP contribution < -0.4 is 10.6 Å².